The maximum atomic E-state index is 5.24. The topological polar surface area (TPSA) is 52.1 Å². The number of nitrogens with one attached hydrogen (secondary N) is 2. The lowest BCUT2D eigenvalue weighted by atomic mass is 10.2. The van der Waals surface area contributed by atoms with E-state index < -0.39 is 0 Å². The van der Waals surface area contributed by atoms with E-state index in [0.717, 1.165) is 76.2 Å². The zero-order valence-electron chi connectivity index (χ0n) is 17.4. The molecule has 0 radical (unpaired) electrons. The first kappa shape index (κ1) is 25.2. The van der Waals surface area contributed by atoms with Crippen LogP contribution in [0.5, 0.6) is 5.75 Å². The molecule has 2 rings (SSSR count). The fourth-order valence-corrected chi connectivity index (χ4v) is 3.43. The summed E-state index contributed by atoms with van der Waals surface area (Å²) in [7, 11) is 1.71. The number of piperazine rings is 1. The predicted octanol–water partition coefficient (Wildman–Crippen LogP) is 2.74. The summed E-state index contributed by atoms with van der Waals surface area (Å²) in [6.07, 6.45) is 3.22. The van der Waals surface area contributed by atoms with Crippen molar-refractivity contribution >= 4 is 47.4 Å². The summed E-state index contributed by atoms with van der Waals surface area (Å²) in [5.41, 5.74) is 1.28. The number of guanidine groups is 1. The van der Waals surface area contributed by atoms with Gasteiger partial charge in [0, 0.05) is 63.8 Å². The molecule has 1 aliphatic rings. The van der Waals surface area contributed by atoms with Gasteiger partial charge < -0.3 is 20.3 Å². The Bertz CT molecular complexity index is 550. The second kappa shape index (κ2) is 15.0. The summed E-state index contributed by atoms with van der Waals surface area (Å²) < 4.78 is 5.24. The van der Waals surface area contributed by atoms with Gasteiger partial charge in [0.1, 0.15) is 5.75 Å². The molecule has 2 N–H and O–H groups in total. The summed E-state index contributed by atoms with van der Waals surface area (Å²) in [5, 5.41) is 6.69. The molecule has 1 aromatic carbocycles. The molecule has 0 unspecified atom stereocenters. The number of methoxy groups -OCH3 is 1. The predicted molar refractivity (Wildman–Crippen MR) is 134 cm³/mol. The molecule has 0 aromatic heterocycles. The van der Waals surface area contributed by atoms with Crippen molar-refractivity contribution in [1.82, 2.24) is 15.5 Å². The van der Waals surface area contributed by atoms with Gasteiger partial charge >= 0.3 is 0 Å². The van der Waals surface area contributed by atoms with E-state index in [0.29, 0.717) is 0 Å². The van der Waals surface area contributed by atoms with Crippen LogP contribution in [0.4, 0.5) is 5.69 Å². The number of hydrogen-bond donors (Lipinski definition) is 2. The Morgan fingerprint density at radius 2 is 1.86 bits per heavy atom. The molecule has 1 aliphatic heterocycles. The number of rotatable bonds is 10. The fraction of sp³-hybridized carbons (Fsp3) is 0.650. The van der Waals surface area contributed by atoms with E-state index in [9.17, 15) is 0 Å². The van der Waals surface area contributed by atoms with Crippen molar-refractivity contribution in [2.75, 3.05) is 76.4 Å². The third kappa shape index (κ3) is 9.09. The van der Waals surface area contributed by atoms with Crippen molar-refractivity contribution < 1.29 is 4.74 Å². The van der Waals surface area contributed by atoms with Gasteiger partial charge in [-0.1, -0.05) is 0 Å². The fourth-order valence-electron chi connectivity index (χ4n) is 3.12. The molecule has 1 fully saturated rings. The highest BCUT2D eigenvalue weighted by molar-refractivity contribution is 14.0. The SMILES string of the molecule is CCNC(=NCCCN1CCN(c2ccc(OC)cc2)CC1)NCCSC.I. The molecule has 8 heteroatoms. The van der Waals surface area contributed by atoms with Gasteiger partial charge in [0.05, 0.1) is 7.11 Å². The zero-order valence-corrected chi connectivity index (χ0v) is 20.6. The average molecular weight is 522 g/mol. The Morgan fingerprint density at radius 1 is 1.14 bits per heavy atom. The lowest BCUT2D eigenvalue weighted by Crippen LogP contribution is -2.46. The molecule has 1 aromatic rings. The van der Waals surface area contributed by atoms with E-state index in [1.54, 1.807) is 7.11 Å². The molecule has 0 aliphatic carbocycles. The van der Waals surface area contributed by atoms with Gasteiger partial charge in [0.25, 0.3) is 0 Å². The van der Waals surface area contributed by atoms with E-state index in [1.807, 2.05) is 23.9 Å². The van der Waals surface area contributed by atoms with Gasteiger partial charge in [-0.05, 0) is 43.9 Å². The van der Waals surface area contributed by atoms with Gasteiger partial charge in [0.15, 0.2) is 5.96 Å². The normalized spacial score (nSPS) is 15.1. The Hall–Kier alpha value is -0.870. The van der Waals surface area contributed by atoms with Crippen LogP contribution in [0, 0.1) is 0 Å². The molecule has 1 heterocycles. The van der Waals surface area contributed by atoms with Crippen LogP contribution in [0.2, 0.25) is 0 Å². The van der Waals surface area contributed by atoms with Gasteiger partial charge in [-0.15, -0.1) is 24.0 Å². The first-order valence-electron chi connectivity index (χ1n) is 9.89. The summed E-state index contributed by atoms with van der Waals surface area (Å²) >= 11 is 1.85. The highest BCUT2D eigenvalue weighted by Gasteiger charge is 2.16. The molecule has 28 heavy (non-hydrogen) atoms. The van der Waals surface area contributed by atoms with Crippen molar-refractivity contribution in [3.63, 3.8) is 0 Å². The molecular weight excluding hydrogens is 485 g/mol. The summed E-state index contributed by atoms with van der Waals surface area (Å²) in [5.74, 6) is 2.96. The zero-order chi connectivity index (χ0) is 19.3. The van der Waals surface area contributed by atoms with Crippen molar-refractivity contribution in [3.8, 4) is 5.75 Å². The summed E-state index contributed by atoms with van der Waals surface area (Å²) in [6.45, 7) is 10.3. The number of nitrogens with zero attached hydrogens (tertiary/aromatic N) is 3. The van der Waals surface area contributed by atoms with Crippen LogP contribution in [0.15, 0.2) is 29.3 Å². The van der Waals surface area contributed by atoms with Crippen molar-refractivity contribution in [2.24, 2.45) is 4.99 Å². The van der Waals surface area contributed by atoms with Gasteiger partial charge in [-0.3, -0.25) is 9.89 Å². The Morgan fingerprint density at radius 3 is 2.46 bits per heavy atom. The first-order valence-corrected chi connectivity index (χ1v) is 11.3. The van der Waals surface area contributed by atoms with E-state index >= 15 is 0 Å². The smallest absolute Gasteiger partial charge is 0.191 e. The molecule has 1 saturated heterocycles. The van der Waals surface area contributed by atoms with Crippen LogP contribution in [-0.2, 0) is 0 Å². The molecule has 0 amide bonds. The van der Waals surface area contributed by atoms with Crippen molar-refractivity contribution in [2.45, 2.75) is 13.3 Å². The number of hydrogen-bond acceptors (Lipinski definition) is 5. The largest absolute Gasteiger partial charge is 0.497 e. The lowest BCUT2D eigenvalue weighted by molar-refractivity contribution is 0.256. The van der Waals surface area contributed by atoms with Crippen molar-refractivity contribution in [3.05, 3.63) is 24.3 Å². The quantitative estimate of drug-likeness (QED) is 0.214. The summed E-state index contributed by atoms with van der Waals surface area (Å²) in [6, 6.07) is 8.37. The van der Waals surface area contributed by atoms with E-state index in [4.69, 9.17) is 4.74 Å². The second-order valence-corrected chi connectivity index (χ2v) is 7.55. The van der Waals surface area contributed by atoms with E-state index in [1.165, 1.54) is 5.69 Å². The van der Waals surface area contributed by atoms with Crippen LogP contribution in [0.1, 0.15) is 13.3 Å². The number of aliphatic imine (C=N–C) groups is 1. The summed E-state index contributed by atoms with van der Waals surface area (Å²) in [4.78, 5) is 9.68. The molecule has 0 bridgehead atoms. The maximum absolute atomic E-state index is 5.24. The van der Waals surface area contributed by atoms with Crippen LogP contribution in [-0.4, -0.2) is 82.3 Å². The standard InChI is InChI=1S/C20H35N5OS.HI/c1-4-21-20(23-11-17-27-3)22-10-5-12-24-13-15-25(16-14-24)18-6-8-19(26-2)9-7-18;/h6-9H,4-5,10-17H2,1-3H3,(H2,21,22,23);1H. The monoisotopic (exact) mass is 521 g/mol. The van der Waals surface area contributed by atoms with Crippen molar-refractivity contribution in [1.29, 1.82) is 0 Å². The molecule has 6 nitrogen and oxygen atoms in total. The number of anilines is 1. The third-order valence-electron chi connectivity index (χ3n) is 4.66. The highest BCUT2D eigenvalue weighted by Crippen LogP contribution is 2.20. The van der Waals surface area contributed by atoms with Crippen LogP contribution in [0.25, 0.3) is 0 Å². The number of ether oxygens (including phenoxy) is 1. The van der Waals surface area contributed by atoms with Gasteiger partial charge in [-0.2, -0.15) is 11.8 Å². The van der Waals surface area contributed by atoms with Gasteiger partial charge in [-0.25, -0.2) is 0 Å². The molecule has 0 saturated carbocycles. The first-order chi connectivity index (χ1) is 13.3. The molecule has 0 atom stereocenters. The third-order valence-corrected chi connectivity index (χ3v) is 5.27. The number of thioether (sulfide) groups is 1. The Balaban J connectivity index is 0.00000392. The van der Waals surface area contributed by atoms with E-state index in [2.05, 4.69) is 50.7 Å². The highest BCUT2D eigenvalue weighted by atomic mass is 127. The Labute approximate surface area is 191 Å². The number of halogens is 1. The maximum Gasteiger partial charge on any atom is 0.191 e. The molecule has 160 valence electrons. The second-order valence-electron chi connectivity index (χ2n) is 6.56. The van der Waals surface area contributed by atoms with Crippen LogP contribution in [0.3, 0.4) is 0 Å². The van der Waals surface area contributed by atoms with E-state index in [-0.39, 0.29) is 24.0 Å². The minimum Gasteiger partial charge on any atom is -0.497 e. The minimum atomic E-state index is 0. The van der Waals surface area contributed by atoms with Crippen LogP contribution < -0.4 is 20.3 Å². The molecular formula is C20H36IN5OS. The van der Waals surface area contributed by atoms with Crippen LogP contribution >= 0.6 is 35.7 Å². The Kier molecular flexibility index (Phi) is 13.5. The molecule has 0 spiro atoms. The lowest BCUT2D eigenvalue weighted by Gasteiger charge is -2.36. The average Bonchev–Trinajstić information content (AvgIpc) is 2.72. The van der Waals surface area contributed by atoms with Gasteiger partial charge in [0.2, 0.25) is 0 Å². The minimum absolute atomic E-state index is 0. The number of benzene rings is 1.